The molecule has 0 spiro atoms. The first kappa shape index (κ1) is 13.8. The van der Waals surface area contributed by atoms with E-state index < -0.39 is 11.9 Å². The van der Waals surface area contributed by atoms with Crippen LogP contribution in [0.5, 0.6) is 0 Å². The van der Waals surface area contributed by atoms with Gasteiger partial charge in [-0.05, 0) is 29.7 Å². The van der Waals surface area contributed by atoms with Crippen molar-refractivity contribution in [2.24, 2.45) is 0 Å². The lowest BCUT2D eigenvalue weighted by Gasteiger charge is -2.32. The lowest BCUT2D eigenvalue weighted by molar-refractivity contribution is -0.139. The highest BCUT2D eigenvalue weighted by atomic mass is 16.4. The van der Waals surface area contributed by atoms with E-state index >= 15 is 0 Å². The van der Waals surface area contributed by atoms with E-state index in [0.29, 0.717) is 13.1 Å². The van der Waals surface area contributed by atoms with Crippen molar-refractivity contribution in [3.63, 3.8) is 0 Å². The van der Waals surface area contributed by atoms with Gasteiger partial charge in [0.05, 0.1) is 11.6 Å². The Balaban J connectivity index is 1.87. The van der Waals surface area contributed by atoms with Crippen LogP contribution >= 0.6 is 0 Å². The average molecular weight is 282 g/mol. The van der Waals surface area contributed by atoms with Crippen molar-refractivity contribution < 1.29 is 9.90 Å². The SMILES string of the molecule is Cc1cccnc1CN1Cc2ccccc2C(C(=O)O)C1. The molecular formula is C17H18N2O2. The molecule has 1 aliphatic heterocycles. The standard InChI is InChI=1S/C17H18N2O2/c1-12-5-4-8-18-16(12)11-19-9-13-6-2-3-7-14(13)15(10-19)17(20)21/h2-8,15H,9-11H2,1H3,(H,20,21). The lowest BCUT2D eigenvalue weighted by atomic mass is 9.89. The maximum atomic E-state index is 11.5. The van der Waals surface area contributed by atoms with E-state index in [0.717, 1.165) is 28.9 Å². The number of hydrogen-bond donors (Lipinski definition) is 1. The summed E-state index contributed by atoms with van der Waals surface area (Å²) >= 11 is 0. The minimum Gasteiger partial charge on any atom is -0.481 e. The molecule has 0 bridgehead atoms. The van der Waals surface area contributed by atoms with Gasteiger partial charge in [-0.25, -0.2) is 0 Å². The van der Waals surface area contributed by atoms with Crippen molar-refractivity contribution in [2.75, 3.05) is 6.54 Å². The van der Waals surface area contributed by atoms with Crippen LogP contribution in [0, 0.1) is 6.92 Å². The molecule has 0 aliphatic carbocycles. The predicted octanol–water partition coefficient (Wildman–Crippen LogP) is 2.57. The number of carbonyl (C=O) groups is 1. The van der Waals surface area contributed by atoms with Gasteiger partial charge >= 0.3 is 5.97 Å². The number of aryl methyl sites for hydroxylation is 1. The van der Waals surface area contributed by atoms with Crippen molar-refractivity contribution in [1.29, 1.82) is 0 Å². The van der Waals surface area contributed by atoms with Crippen molar-refractivity contribution in [1.82, 2.24) is 9.88 Å². The van der Waals surface area contributed by atoms with Crippen molar-refractivity contribution in [2.45, 2.75) is 25.9 Å². The fourth-order valence-corrected chi connectivity index (χ4v) is 2.91. The highest BCUT2D eigenvalue weighted by Gasteiger charge is 2.30. The van der Waals surface area contributed by atoms with Gasteiger partial charge in [0.1, 0.15) is 0 Å². The molecule has 3 rings (SSSR count). The molecule has 0 radical (unpaired) electrons. The normalized spacial score (nSPS) is 18.2. The van der Waals surface area contributed by atoms with Gasteiger partial charge in [-0.3, -0.25) is 14.7 Å². The second kappa shape index (κ2) is 5.66. The molecule has 4 heteroatoms. The third-order valence-electron chi connectivity index (χ3n) is 4.05. The molecule has 1 unspecified atom stereocenters. The number of carboxylic acid groups (broad SMARTS) is 1. The molecule has 1 N–H and O–H groups in total. The molecule has 1 aliphatic rings. The largest absolute Gasteiger partial charge is 0.481 e. The summed E-state index contributed by atoms with van der Waals surface area (Å²) in [4.78, 5) is 18.1. The van der Waals surface area contributed by atoms with E-state index in [2.05, 4.69) is 9.88 Å². The number of aromatic nitrogens is 1. The smallest absolute Gasteiger partial charge is 0.312 e. The topological polar surface area (TPSA) is 53.4 Å². The summed E-state index contributed by atoms with van der Waals surface area (Å²) in [5.74, 6) is -1.22. The van der Waals surface area contributed by atoms with Crippen LogP contribution in [0.4, 0.5) is 0 Å². The molecule has 1 aromatic heterocycles. The van der Waals surface area contributed by atoms with Crippen molar-refractivity contribution in [3.8, 4) is 0 Å². The van der Waals surface area contributed by atoms with E-state index in [1.807, 2.05) is 43.3 Å². The fraction of sp³-hybridized carbons (Fsp3) is 0.294. The maximum Gasteiger partial charge on any atom is 0.312 e. The highest BCUT2D eigenvalue weighted by Crippen LogP contribution is 2.29. The summed E-state index contributed by atoms with van der Waals surface area (Å²) in [6.07, 6.45) is 1.79. The summed E-state index contributed by atoms with van der Waals surface area (Å²) in [7, 11) is 0. The monoisotopic (exact) mass is 282 g/mol. The fourth-order valence-electron chi connectivity index (χ4n) is 2.91. The van der Waals surface area contributed by atoms with Crippen molar-refractivity contribution in [3.05, 3.63) is 65.0 Å². The molecule has 4 nitrogen and oxygen atoms in total. The van der Waals surface area contributed by atoms with Crippen LogP contribution in [-0.4, -0.2) is 27.5 Å². The third kappa shape index (κ3) is 2.81. The van der Waals surface area contributed by atoms with E-state index in [1.54, 1.807) is 6.20 Å². The first-order valence-electron chi connectivity index (χ1n) is 7.08. The molecule has 0 saturated carbocycles. The summed E-state index contributed by atoms with van der Waals surface area (Å²) in [6.45, 7) is 4.03. The molecule has 1 atom stereocenters. The number of carboxylic acids is 1. The van der Waals surface area contributed by atoms with Crippen LogP contribution in [0.1, 0.15) is 28.3 Å². The summed E-state index contributed by atoms with van der Waals surface area (Å²) in [5.41, 5.74) is 4.20. The lowest BCUT2D eigenvalue weighted by Crippen LogP contribution is -2.36. The Labute approximate surface area is 124 Å². The van der Waals surface area contributed by atoms with Crippen LogP contribution in [0.2, 0.25) is 0 Å². The average Bonchev–Trinajstić information content (AvgIpc) is 2.48. The van der Waals surface area contributed by atoms with Gasteiger partial charge in [0.15, 0.2) is 0 Å². The van der Waals surface area contributed by atoms with Crippen LogP contribution in [0.3, 0.4) is 0 Å². The number of fused-ring (bicyclic) bond motifs is 1. The van der Waals surface area contributed by atoms with Crippen molar-refractivity contribution >= 4 is 5.97 Å². The molecule has 21 heavy (non-hydrogen) atoms. The molecule has 2 heterocycles. The second-order valence-electron chi connectivity index (χ2n) is 5.53. The molecule has 0 saturated heterocycles. The van der Waals surface area contributed by atoms with E-state index in [1.165, 1.54) is 0 Å². The number of pyridine rings is 1. The van der Waals surface area contributed by atoms with Gasteiger partial charge in [-0.2, -0.15) is 0 Å². The van der Waals surface area contributed by atoms with E-state index in [4.69, 9.17) is 0 Å². The quantitative estimate of drug-likeness (QED) is 0.940. The Kier molecular flexibility index (Phi) is 3.71. The first-order valence-corrected chi connectivity index (χ1v) is 7.08. The van der Waals surface area contributed by atoms with Crippen LogP contribution in [0.15, 0.2) is 42.6 Å². The molecule has 1 aromatic carbocycles. The van der Waals surface area contributed by atoms with Gasteiger partial charge in [0, 0.05) is 25.8 Å². The Morgan fingerprint density at radius 2 is 2.14 bits per heavy atom. The minimum absolute atomic E-state index is 0.459. The summed E-state index contributed by atoms with van der Waals surface area (Å²) in [5, 5.41) is 9.48. The molecule has 2 aromatic rings. The Morgan fingerprint density at radius 3 is 2.90 bits per heavy atom. The van der Waals surface area contributed by atoms with E-state index in [-0.39, 0.29) is 0 Å². The van der Waals surface area contributed by atoms with Gasteiger partial charge in [0.2, 0.25) is 0 Å². The third-order valence-corrected chi connectivity index (χ3v) is 4.05. The molecule has 0 amide bonds. The van der Waals surface area contributed by atoms with Gasteiger partial charge in [-0.15, -0.1) is 0 Å². The zero-order chi connectivity index (χ0) is 14.8. The van der Waals surface area contributed by atoms with Gasteiger partial charge in [0.25, 0.3) is 0 Å². The molecular weight excluding hydrogens is 264 g/mol. The van der Waals surface area contributed by atoms with Crippen LogP contribution in [-0.2, 0) is 17.9 Å². The Hall–Kier alpha value is -2.20. The predicted molar refractivity (Wildman–Crippen MR) is 79.9 cm³/mol. The first-order chi connectivity index (χ1) is 10.1. The number of hydrogen-bond acceptors (Lipinski definition) is 3. The Bertz CT molecular complexity index is 669. The van der Waals surface area contributed by atoms with Crippen LogP contribution < -0.4 is 0 Å². The maximum absolute atomic E-state index is 11.5. The number of rotatable bonds is 3. The molecule has 108 valence electrons. The number of nitrogens with zero attached hydrogens (tertiary/aromatic N) is 2. The molecule has 0 fully saturated rings. The van der Waals surface area contributed by atoms with Gasteiger partial charge < -0.3 is 5.11 Å². The zero-order valence-corrected chi connectivity index (χ0v) is 12.0. The second-order valence-corrected chi connectivity index (χ2v) is 5.53. The summed E-state index contributed by atoms with van der Waals surface area (Å²) < 4.78 is 0. The van der Waals surface area contributed by atoms with Gasteiger partial charge in [-0.1, -0.05) is 30.3 Å². The number of benzene rings is 1. The highest BCUT2D eigenvalue weighted by molar-refractivity contribution is 5.77. The summed E-state index contributed by atoms with van der Waals surface area (Å²) in [6, 6.07) is 11.8. The zero-order valence-electron chi connectivity index (χ0n) is 12.0. The van der Waals surface area contributed by atoms with Crippen LogP contribution in [0.25, 0.3) is 0 Å². The number of aliphatic carboxylic acids is 1. The van der Waals surface area contributed by atoms with E-state index in [9.17, 15) is 9.90 Å². The minimum atomic E-state index is -0.759. The Morgan fingerprint density at radius 1 is 1.33 bits per heavy atom.